The van der Waals surface area contributed by atoms with Crippen LogP contribution in [0, 0.1) is 0 Å². The van der Waals surface area contributed by atoms with Gasteiger partial charge in [-0.2, -0.15) is 0 Å². The number of carbonyl (C=O) groups is 3. The van der Waals surface area contributed by atoms with E-state index in [4.69, 9.17) is 0 Å². The number of rotatable bonds is 7. The van der Waals surface area contributed by atoms with Gasteiger partial charge in [-0.15, -0.1) is 10.2 Å². The van der Waals surface area contributed by atoms with Gasteiger partial charge >= 0.3 is 0 Å². The molecule has 3 amide bonds. The summed E-state index contributed by atoms with van der Waals surface area (Å²) in [6, 6.07) is 31.0. The number of hydrogen-bond donors (Lipinski definition) is 3. The number of nitrogens with zero attached hydrogens (tertiary/aromatic N) is 3. The Kier molecular flexibility index (Phi) is 7.22. The molecular formula is C30H23N5O4. The summed E-state index contributed by atoms with van der Waals surface area (Å²) in [7, 11) is 0. The van der Waals surface area contributed by atoms with Crippen LogP contribution >= 0.6 is 0 Å². The highest BCUT2D eigenvalue weighted by molar-refractivity contribution is 6.05. The third kappa shape index (κ3) is 5.72. The molecule has 0 saturated heterocycles. The van der Waals surface area contributed by atoms with Crippen molar-refractivity contribution >= 4 is 45.7 Å². The Bertz CT molecular complexity index is 1700. The number of aromatic hydroxyl groups is 1. The molecule has 0 atom stereocenters. The molecule has 0 aliphatic rings. The molecule has 3 N–H and O–H groups in total. The standard InChI is InChI=1S/C30H23N5O4/c36-26(31-22-13-5-2-6-14-22)19-35-25-17-8-7-16-24(25)27(30(35)39)33-34-29(38)21-12-9-15-23(18-21)32-28(37)20-10-3-1-4-11-20/h1-18,39H,19H2,(H,31,36)(H,32,37). The van der Waals surface area contributed by atoms with Crippen LogP contribution in [0.15, 0.2) is 119 Å². The van der Waals surface area contributed by atoms with Crippen molar-refractivity contribution in [2.24, 2.45) is 10.2 Å². The van der Waals surface area contributed by atoms with E-state index in [0.29, 0.717) is 27.8 Å². The Morgan fingerprint density at radius 2 is 1.36 bits per heavy atom. The Morgan fingerprint density at radius 3 is 2.13 bits per heavy atom. The van der Waals surface area contributed by atoms with Gasteiger partial charge in [0.1, 0.15) is 6.54 Å². The molecule has 0 spiro atoms. The van der Waals surface area contributed by atoms with Gasteiger partial charge < -0.3 is 20.3 Å². The minimum atomic E-state index is -0.663. The summed E-state index contributed by atoms with van der Waals surface area (Å²) in [5, 5.41) is 24.9. The molecule has 4 aromatic carbocycles. The van der Waals surface area contributed by atoms with Crippen molar-refractivity contribution in [1.29, 1.82) is 0 Å². The second-order valence-corrected chi connectivity index (χ2v) is 8.60. The van der Waals surface area contributed by atoms with E-state index in [1.54, 1.807) is 91.0 Å². The van der Waals surface area contributed by atoms with Gasteiger partial charge in [0, 0.05) is 27.9 Å². The van der Waals surface area contributed by atoms with Crippen LogP contribution in [0.1, 0.15) is 20.7 Å². The van der Waals surface area contributed by atoms with Crippen LogP contribution < -0.4 is 10.6 Å². The highest BCUT2D eigenvalue weighted by Crippen LogP contribution is 2.38. The van der Waals surface area contributed by atoms with E-state index < -0.39 is 5.91 Å². The van der Waals surface area contributed by atoms with Crippen LogP contribution in [0.3, 0.4) is 0 Å². The summed E-state index contributed by atoms with van der Waals surface area (Å²) >= 11 is 0. The summed E-state index contributed by atoms with van der Waals surface area (Å²) in [5.74, 6) is -1.61. The van der Waals surface area contributed by atoms with Crippen molar-refractivity contribution in [2.45, 2.75) is 6.54 Å². The zero-order chi connectivity index (χ0) is 27.2. The fourth-order valence-corrected chi connectivity index (χ4v) is 4.07. The van der Waals surface area contributed by atoms with Gasteiger partial charge in [0.25, 0.3) is 11.8 Å². The predicted molar refractivity (Wildman–Crippen MR) is 148 cm³/mol. The first kappa shape index (κ1) is 25.1. The molecule has 5 aromatic rings. The number of carbonyl (C=O) groups excluding carboxylic acids is 3. The normalized spacial score (nSPS) is 11.0. The predicted octanol–water partition coefficient (Wildman–Crippen LogP) is 6.16. The lowest BCUT2D eigenvalue weighted by Crippen LogP contribution is -2.18. The largest absolute Gasteiger partial charge is 0.493 e. The van der Waals surface area contributed by atoms with Crippen LogP contribution in [0.5, 0.6) is 5.88 Å². The quantitative estimate of drug-likeness (QED) is 0.224. The summed E-state index contributed by atoms with van der Waals surface area (Å²) in [4.78, 5) is 37.9. The van der Waals surface area contributed by atoms with Crippen molar-refractivity contribution in [2.75, 3.05) is 10.6 Å². The van der Waals surface area contributed by atoms with Gasteiger partial charge in [-0.3, -0.25) is 14.4 Å². The lowest BCUT2D eigenvalue weighted by atomic mass is 10.1. The number of azo groups is 1. The minimum absolute atomic E-state index is 0.0694. The smallest absolute Gasteiger partial charge is 0.295 e. The van der Waals surface area contributed by atoms with E-state index in [2.05, 4.69) is 20.9 Å². The average Bonchev–Trinajstić information content (AvgIpc) is 3.23. The topological polar surface area (TPSA) is 125 Å². The molecule has 0 bridgehead atoms. The van der Waals surface area contributed by atoms with E-state index in [9.17, 15) is 19.5 Å². The van der Waals surface area contributed by atoms with Crippen molar-refractivity contribution < 1.29 is 19.5 Å². The van der Waals surface area contributed by atoms with Crippen LogP contribution in [0.2, 0.25) is 0 Å². The zero-order valence-corrected chi connectivity index (χ0v) is 20.6. The van der Waals surface area contributed by atoms with Gasteiger partial charge in [-0.1, -0.05) is 60.7 Å². The Hall–Kier alpha value is -5.57. The van der Waals surface area contributed by atoms with E-state index in [1.807, 2.05) is 12.1 Å². The zero-order valence-electron chi connectivity index (χ0n) is 20.6. The maximum atomic E-state index is 12.8. The average molecular weight is 518 g/mol. The summed E-state index contributed by atoms with van der Waals surface area (Å²) in [6.07, 6.45) is 0. The highest BCUT2D eigenvalue weighted by Gasteiger charge is 2.19. The van der Waals surface area contributed by atoms with Gasteiger partial charge in [0.15, 0.2) is 5.69 Å². The van der Waals surface area contributed by atoms with Gasteiger partial charge in [-0.05, 0) is 48.5 Å². The highest BCUT2D eigenvalue weighted by atomic mass is 16.3. The van der Waals surface area contributed by atoms with E-state index in [-0.39, 0.29) is 35.5 Å². The van der Waals surface area contributed by atoms with Crippen LogP contribution in [0.4, 0.5) is 17.1 Å². The monoisotopic (exact) mass is 517 g/mol. The SMILES string of the molecule is O=C(Cn1c(O)c(N=NC(=O)c2cccc(NC(=O)c3ccccc3)c2)c2ccccc21)Nc1ccccc1. The Labute approximate surface area is 223 Å². The van der Waals surface area contributed by atoms with Crippen LogP contribution in [-0.4, -0.2) is 27.4 Å². The van der Waals surface area contributed by atoms with Gasteiger partial charge in [-0.25, -0.2) is 0 Å². The molecule has 192 valence electrons. The van der Waals surface area contributed by atoms with E-state index in [1.165, 1.54) is 10.6 Å². The van der Waals surface area contributed by atoms with E-state index >= 15 is 0 Å². The molecule has 0 saturated carbocycles. The number of hydrogen-bond acceptors (Lipinski definition) is 5. The lowest BCUT2D eigenvalue weighted by molar-refractivity contribution is -0.116. The molecule has 0 aliphatic heterocycles. The lowest BCUT2D eigenvalue weighted by Gasteiger charge is -2.08. The van der Waals surface area contributed by atoms with Crippen molar-refractivity contribution in [3.8, 4) is 5.88 Å². The second kappa shape index (κ2) is 11.2. The maximum Gasteiger partial charge on any atom is 0.295 e. The van der Waals surface area contributed by atoms with Crippen LogP contribution in [-0.2, 0) is 11.3 Å². The number of aromatic nitrogens is 1. The number of benzene rings is 4. The fraction of sp³-hybridized carbons (Fsp3) is 0.0333. The molecule has 0 radical (unpaired) electrons. The number of anilines is 2. The Balaban J connectivity index is 1.36. The molecule has 5 rings (SSSR count). The number of para-hydroxylation sites is 2. The third-order valence-electron chi connectivity index (χ3n) is 5.92. The molecular weight excluding hydrogens is 494 g/mol. The van der Waals surface area contributed by atoms with Crippen molar-refractivity contribution in [1.82, 2.24) is 4.57 Å². The molecule has 0 fully saturated rings. The first-order valence-corrected chi connectivity index (χ1v) is 12.1. The third-order valence-corrected chi connectivity index (χ3v) is 5.92. The Morgan fingerprint density at radius 1 is 0.718 bits per heavy atom. The molecule has 0 unspecified atom stereocenters. The maximum absolute atomic E-state index is 12.8. The number of amides is 3. The van der Waals surface area contributed by atoms with Gasteiger partial charge in [0.2, 0.25) is 11.8 Å². The molecule has 9 nitrogen and oxygen atoms in total. The summed E-state index contributed by atoms with van der Waals surface area (Å²) in [5.41, 5.74) is 2.37. The van der Waals surface area contributed by atoms with E-state index in [0.717, 1.165) is 0 Å². The summed E-state index contributed by atoms with van der Waals surface area (Å²) in [6.45, 7) is -0.173. The van der Waals surface area contributed by atoms with Crippen molar-refractivity contribution in [3.63, 3.8) is 0 Å². The molecule has 39 heavy (non-hydrogen) atoms. The number of nitrogens with one attached hydrogen (secondary N) is 2. The molecule has 9 heteroatoms. The second-order valence-electron chi connectivity index (χ2n) is 8.60. The first-order valence-electron chi connectivity index (χ1n) is 12.1. The summed E-state index contributed by atoms with van der Waals surface area (Å²) < 4.78 is 1.41. The number of fused-ring (bicyclic) bond motifs is 1. The molecule has 1 aromatic heterocycles. The minimum Gasteiger partial charge on any atom is -0.493 e. The van der Waals surface area contributed by atoms with Crippen molar-refractivity contribution in [3.05, 3.63) is 120 Å². The molecule has 0 aliphatic carbocycles. The molecule has 1 heterocycles. The first-order chi connectivity index (χ1) is 19.0. The van der Waals surface area contributed by atoms with Crippen LogP contribution in [0.25, 0.3) is 10.9 Å². The fourth-order valence-electron chi connectivity index (χ4n) is 4.07. The van der Waals surface area contributed by atoms with Gasteiger partial charge in [0.05, 0.1) is 5.52 Å².